The minimum Gasteiger partial charge on any atom is -0.399 e. The Kier molecular flexibility index (Phi) is 4.73. The number of benzene rings is 1. The van der Waals surface area contributed by atoms with E-state index in [0.717, 1.165) is 19.3 Å². The number of halogens is 1. The molecule has 0 amide bonds. The van der Waals surface area contributed by atoms with Gasteiger partial charge in [-0.25, -0.2) is 13.4 Å². The summed E-state index contributed by atoms with van der Waals surface area (Å²) in [7, 11) is -3.60. The van der Waals surface area contributed by atoms with Gasteiger partial charge in [0.05, 0.1) is 4.90 Å². The fourth-order valence-electron chi connectivity index (χ4n) is 2.52. The van der Waals surface area contributed by atoms with Crippen molar-refractivity contribution in [3.8, 4) is 0 Å². The van der Waals surface area contributed by atoms with Crippen LogP contribution < -0.4 is 10.6 Å². The minimum atomic E-state index is -3.60. The topological polar surface area (TPSA) is 75.4 Å². The molecule has 1 aromatic carbocycles. The van der Waals surface area contributed by atoms with Gasteiger partial charge in [-0.1, -0.05) is 6.42 Å². The summed E-state index contributed by atoms with van der Waals surface area (Å²) in [6.07, 6.45) is 3.12. The first-order valence-corrected chi connectivity index (χ1v) is 8.94. The summed E-state index contributed by atoms with van der Waals surface area (Å²) >= 11 is 3.26. The second-order valence-corrected chi connectivity index (χ2v) is 7.80. The third-order valence-electron chi connectivity index (χ3n) is 3.66. The summed E-state index contributed by atoms with van der Waals surface area (Å²) < 4.78 is 25.5. The van der Waals surface area contributed by atoms with E-state index in [9.17, 15) is 8.42 Å². The van der Waals surface area contributed by atoms with Crippen LogP contribution in [-0.2, 0) is 10.0 Å². The van der Waals surface area contributed by atoms with Crippen LogP contribution in [0.4, 0.5) is 5.69 Å². The lowest BCUT2D eigenvalue weighted by molar-refractivity contribution is 0.0790. The number of anilines is 1. The first-order chi connectivity index (χ1) is 9.31. The molecule has 1 aliphatic heterocycles. The Morgan fingerprint density at radius 2 is 1.90 bits per heavy atom. The Bertz CT molecular complexity index is 581. The number of sulfonamides is 1. The number of hydrogen-bond acceptors (Lipinski definition) is 4. The van der Waals surface area contributed by atoms with Crippen molar-refractivity contribution in [2.75, 3.05) is 5.73 Å². The van der Waals surface area contributed by atoms with Crippen LogP contribution in [0.1, 0.15) is 33.1 Å². The highest BCUT2D eigenvalue weighted by atomic mass is 79.9. The number of nitrogens with one attached hydrogen (secondary N) is 1. The van der Waals surface area contributed by atoms with Crippen molar-refractivity contribution in [1.29, 1.82) is 0 Å². The second-order valence-electron chi connectivity index (χ2n) is 5.32. The van der Waals surface area contributed by atoms with Gasteiger partial charge in [-0.15, -0.1) is 4.83 Å². The third-order valence-corrected chi connectivity index (χ3v) is 5.97. The highest BCUT2D eigenvalue weighted by Gasteiger charge is 2.29. The van der Waals surface area contributed by atoms with Crippen LogP contribution in [0.5, 0.6) is 0 Å². The van der Waals surface area contributed by atoms with Gasteiger partial charge in [-0.2, -0.15) is 0 Å². The van der Waals surface area contributed by atoms with Crippen molar-refractivity contribution in [3.63, 3.8) is 0 Å². The van der Waals surface area contributed by atoms with Crippen LogP contribution in [-0.4, -0.2) is 25.5 Å². The molecule has 1 aromatic rings. The number of hydrogen-bond donors (Lipinski definition) is 2. The molecule has 1 aliphatic rings. The van der Waals surface area contributed by atoms with E-state index < -0.39 is 10.0 Å². The first kappa shape index (κ1) is 15.8. The van der Waals surface area contributed by atoms with Crippen LogP contribution in [0.2, 0.25) is 0 Å². The molecular weight excluding hydrogens is 342 g/mol. The van der Waals surface area contributed by atoms with E-state index in [-0.39, 0.29) is 17.0 Å². The van der Waals surface area contributed by atoms with Gasteiger partial charge in [-0.3, -0.25) is 0 Å². The number of nitrogens with two attached hydrogens (primary N) is 1. The summed E-state index contributed by atoms with van der Waals surface area (Å²) in [6, 6.07) is 5.09. The highest BCUT2D eigenvalue weighted by Crippen LogP contribution is 2.26. The van der Waals surface area contributed by atoms with Gasteiger partial charge in [0.15, 0.2) is 0 Å². The molecule has 112 valence electrons. The average Bonchev–Trinajstić information content (AvgIpc) is 2.33. The van der Waals surface area contributed by atoms with Crippen molar-refractivity contribution >= 4 is 31.6 Å². The summed E-state index contributed by atoms with van der Waals surface area (Å²) in [5.74, 6) is 0. The van der Waals surface area contributed by atoms with E-state index in [4.69, 9.17) is 5.73 Å². The molecule has 2 unspecified atom stereocenters. The van der Waals surface area contributed by atoms with E-state index in [1.807, 2.05) is 18.9 Å². The summed E-state index contributed by atoms with van der Waals surface area (Å²) in [5.41, 5.74) is 6.17. The van der Waals surface area contributed by atoms with Gasteiger partial charge in [0.25, 0.3) is 10.0 Å². The molecular formula is C13H20BrN3O2S. The molecule has 1 heterocycles. The molecule has 2 rings (SSSR count). The SMILES string of the molecule is CC1CCCC(C)N1NS(=O)(=O)c1ccc(N)cc1Br. The molecule has 0 radical (unpaired) electrons. The normalized spacial score (nSPS) is 24.8. The zero-order valence-electron chi connectivity index (χ0n) is 11.6. The molecule has 3 N–H and O–H groups in total. The maximum absolute atomic E-state index is 12.5. The molecule has 0 saturated carbocycles. The zero-order valence-corrected chi connectivity index (χ0v) is 14.0. The average molecular weight is 362 g/mol. The summed E-state index contributed by atoms with van der Waals surface area (Å²) in [5, 5.41) is 1.83. The predicted molar refractivity (Wildman–Crippen MR) is 83.5 cm³/mol. The highest BCUT2D eigenvalue weighted by molar-refractivity contribution is 9.10. The minimum absolute atomic E-state index is 0.195. The van der Waals surface area contributed by atoms with Gasteiger partial charge < -0.3 is 5.73 Å². The van der Waals surface area contributed by atoms with Crippen LogP contribution in [0, 0.1) is 0 Å². The van der Waals surface area contributed by atoms with E-state index in [1.165, 1.54) is 6.07 Å². The van der Waals surface area contributed by atoms with Crippen LogP contribution in [0.3, 0.4) is 0 Å². The number of nitrogen functional groups attached to an aromatic ring is 1. The molecule has 5 nitrogen and oxygen atoms in total. The molecule has 0 bridgehead atoms. The van der Waals surface area contributed by atoms with E-state index in [2.05, 4.69) is 20.8 Å². The Balaban J connectivity index is 2.26. The first-order valence-electron chi connectivity index (χ1n) is 6.67. The number of hydrazine groups is 1. The van der Waals surface area contributed by atoms with Crippen molar-refractivity contribution in [3.05, 3.63) is 22.7 Å². The van der Waals surface area contributed by atoms with Gasteiger partial charge in [0.1, 0.15) is 0 Å². The quantitative estimate of drug-likeness (QED) is 0.810. The molecule has 1 fully saturated rings. The standard InChI is InChI=1S/C13H20BrN3O2S/c1-9-4-3-5-10(2)17(9)16-20(18,19)13-7-6-11(15)8-12(13)14/h6-10,16H,3-5,15H2,1-2H3. The van der Waals surface area contributed by atoms with Crippen molar-refractivity contribution in [1.82, 2.24) is 9.84 Å². The molecule has 1 saturated heterocycles. The largest absolute Gasteiger partial charge is 0.399 e. The number of piperidine rings is 1. The lowest BCUT2D eigenvalue weighted by Gasteiger charge is -2.38. The monoisotopic (exact) mass is 361 g/mol. The van der Waals surface area contributed by atoms with Crippen LogP contribution in [0.15, 0.2) is 27.6 Å². The number of rotatable bonds is 3. The fourth-order valence-corrected chi connectivity index (χ4v) is 4.86. The van der Waals surface area contributed by atoms with Gasteiger partial charge in [0.2, 0.25) is 0 Å². The smallest absolute Gasteiger partial charge is 0.254 e. The molecule has 0 aliphatic carbocycles. The number of nitrogens with zero attached hydrogens (tertiary/aromatic N) is 1. The molecule has 2 atom stereocenters. The zero-order chi connectivity index (χ0) is 14.9. The Labute approximate surface area is 128 Å². The van der Waals surface area contributed by atoms with Gasteiger partial charge in [-0.05, 0) is 60.8 Å². The lowest BCUT2D eigenvalue weighted by atomic mass is 10.0. The Morgan fingerprint density at radius 3 is 2.45 bits per heavy atom. The van der Waals surface area contributed by atoms with Crippen LogP contribution >= 0.6 is 15.9 Å². The predicted octanol–water partition coefficient (Wildman–Crippen LogP) is 2.49. The lowest BCUT2D eigenvalue weighted by Crippen LogP contribution is -2.53. The molecule has 0 spiro atoms. The fraction of sp³-hybridized carbons (Fsp3) is 0.538. The van der Waals surface area contributed by atoms with E-state index in [0.29, 0.717) is 10.2 Å². The molecule has 0 aromatic heterocycles. The summed E-state index contributed by atoms with van der Waals surface area (Å²) in [6.45, 7) is 4.08. The second kappa shape index (κ2) is 6.01. The van der Waals surface area contributed by atoms with Crippen molar-refractivity contribution in [2.24, 2.45) is 0 Å². The van der Waals surface area contributed by atoms with Crippen molar-refractivity contribution in [2.45, 2.75) is 50.1 Å². The van der Waals surface area contributed by atoms with E-state index in [1.54, 1.807) is 12.1 Å². The maximum atomic E-state index is 12.5. The van der Waals surface area contributed by atoms with Crippen LogP contribution in [0.25, 0.3) is 0 Å². The molecule has 7 heteroatoms. The van der Waals surface area contributed by atoms with Crippen molar-refractivity contribution < 1.29 is 8.42 Å². The molecule has 20 heavy (non-hydrogen) atoms. The summed E-state index contributed by atoms with van der Waals surface area (Å²) in [4.78, 5) is 2.91. The Morgan fingerprint density at radius 1 is 1.30 bits per heavy atom. The van der Waals surface area contributed by atoms with Gasteiger partial charge >= 0.3 is 0 Å². The maximum Gasteiger partial charge on any atom is 0.254 e. The van der Waals surface area contributed by atoms with E-state index >= 15 is 0 Å². The third kappa shape index (κ3) is 3.33. The Hall–Kier alpha value is -0.630. The van der Waals surface area contributed by atoms with Gasteiger partial charge in [0, 0.05) is 22.2 Å².